The molecule has 8 aromatic carbocycles. The van der Waals surface area contributed by atoms with Crippen LogP contribution in [0.4, 0.5) is 0 Å². The molecule has 3 heterocycles. The van der Waals surface area contributed by atoms with Crippen LogP contribution < -0.4 is 0 Å². The fraction of sp³-hybridized carbons (Fsp3) is 0. The lowest BCUT2D eigenvalue weighted by molar-refractivity contribution is 0.953. The summed E-state index contributed by atoms with van der Waals surface area (Å²) in [6.45, 7) is 0. The summed E-state index contributed by atoms with van der Waals surface area (Å²) in [6.07, 6.45) is 0. The molecular formula is C51H33N5. The number of aromatic nitrogens is 5. The fourth-order valence-corrected chi connectivity index (χ4v) is 8.23. The molecule has 0 saturated heterocycles. The molecule has 56 heavy (non-hydrogen) atoms. The van der Waals surface area contributed by atoms with Gasteiger partial charge in [-0.1, -0.05) is 152 Å². The van der Waals surface area contributed by atoms with Crippen LogP contribution in [0.3, 0.4) is 0 Å². The third-order valence-electron chi connectivity index (χ3n) is 10.7. The number of benzene rings is 8. The number of fused-ring (bicyclic) bond motifs is 7. The molecule has 0 amide bonds. The van der Waals surface area contributed by atoms with Crippen LogP contribution in [-0.4, -0.2) is 24.1 Å². The van der Waals surface area contributed by atoms with Gasteiger partial charge in [-0.25, -0.2) is 4.98 Å². The molecule has 0 aliphatic heterocycles. The highest BCUT2D eigenvalue weighted by atomic mass is 15.2. The smallest absolute Gasteiger partial charge is 0.238 e. The van der Waals surface area contributed by atoms with Crippen molar-refractivity contribution in [3.8, 4) is 56.7 Å². The van der Waals surface area contributed by atoms with E-state index >= 15 is 0 Å². The Morgan fingerprint density at radius 3 is 1.41 bits per heavy atom. The van der Waals surface area contributed by atoms with Gasteiger partial charge >= 0.3 is 0 Å². The number of hydrogen-bond acceptors (Lipinski definition) is 3. The van der Waals surface area contributed by atoms with Crippen LogP contribution >= 0.6 is 0 Å². The molecule has 0 radical (unpaired) electrons. The van der Waals surface area contributed by atoms with E-state index in [4.69, 9.17) is 15.0 Å². The van der Waals surface area contributed by atoms with Gasteiger partial charge in [-0.2, -0.15) is 9.97 Å². The van der Waals surface area contributed by atoms with Gasteiger partial charge in [0.1, 0.15) is 0 Å². The van der Waals surface area contributed by atoms with Crippen LogP contribution in [-0.2, 0) is 0 Å². The molecule has 11 rings (SSSR count). The summed E-state index contributed by atoms with van der Waals surface area (Å²) in [6, 6.07) is 70.3. The molecule has 0 fully saturated rings. The first-order valence-corrected chi connectivity index (χ1v) is 18.9. The molecule has 3 aromatic heterocycles. The number of para-hydroxylation sites is 3. The van der Waals surface area contributed by atoms with Crippen molar-refractivity contribution >= 4 is 43.6 Å². The van der Waals surface area contributed by atoms with Gasteiger partial charge < -0.3 is 4.57 Å². The summed E-state index contributed by atoms with van der Waals surface area (Å²) in [5, 5.41) is 4.70. The number of nitrogens with zero attached hydrogens (tertiary/aromatic N) is 5. The van der Waals surface area contributed by atoms with Gasteiger partial charge in [-0.3, -0.25) is 4.57 Å². The monoisotopic (exact) mass is 715 g/mol. The Morgan fingerprint density at radius 2 is 0.786 bits per heavy atom. The molecule has 0 saturated carbocycles. The Labute approximate surface area is 323 Å². The zero-order valence-corrected chi connectivity index (χ0v) is 30.3. The first kappa shape index (κ1) is 31.9. The SMILES string of the molecule is c1ccc(-c2cc(-c3ccccc3)cc(-c3nc(-c4ccccc4)nc(-n4c5ccccc5c5c4ccc4c6ccccc6n(-c6ccccc6)c45)n3)c2)cc1. The minimum atomic E-state index is 0.563. The van der Waals surface area contributed by atoms with Gasteiger partial charge in [0, 0.05) is 38.4 Å². The lowest BCUT2D eigenvalue weighted by Crippen LogP contribution is -2.06. The van der Waals surface area contributed by atoms with Gasteiger partial charge in [0.2, 0.25) is 5.95 Å². The Kier molecular flexibility index (Phi) is 7.42. The normalized spacial score (nSPS) is 11.6. The van der Waals surface area contributed by atoms with Crippen molar-refractivity contribution in [1.29, 1.82) is 0 Å². The zero-order valence-electron chi connectivity index (χ0n) is 30.3. The van der Waals surface area contributed by atoms with E-state index in [1.165, 1.54) is 16.3 Å². The predicted molar refractivity (Wildman–Crippen MR) is 230 cm³/mol. The van der Waals surface area contributed by atoms with Crippen molar-refractivity contribution in [3.05, 3.63) is 200 Å². The van der Waals surface area contributed by atoms with Crippen LogP contribution in [0.1, 0.15) is 0 Å². The molecule has 262 valence electrons. The summed E-state index contributed by atoms with van der Waals surface area (Å²) in [5.41, 5.74) is 11.8. The van der Waals surface area contributed by atoms with Crippen LogP contribution in [0.5, 0.6) is 0 Å². The summed E-state index contributed by atoms with van der Waals surface area (Å²) >= 11 is 0. The third kappa shape index (κ3) is 5.21. The van der Waals surface area contributed by atoms with Crippen LogP contribution in [0.2, 0.25) is 0 Å². The predicted octanol–water partition coefficient (Wildman–Crippen LogP) is 12.7. The Hall–Kier alpha value is -7.63. The minimum Gasteiger partial charge on any atom is -0.309 e. The molecule has 0 aliphatic rings. The van der Waals surface area contributed by atoms with Gasteiger partial charge in [-0.15, -0.1) is 0 Å². The fourth-order valence-electron chi connectivity index (χ4n) is 8.23. The highest BCUT2D eigenvalue weighted by Gasteiger charge is 2.23. The molecular weight excluding hydrogens is 683 g/mol. The first-order valence-electron chi connectivity index (χ1n) is 18.9. The van der Waals surface area contributed by atoms with Crippen molar-refractivity contribution in [2.75, 3.05) is 0 Å². The summed E-state index contributed by atoms with van der Waals surface area (Å²) in [5.74, 6) is 1.78. The van der Waals surface area contributed by atoms with E-state index in [0.29, 0.717) is 17.6 Å². The molecule has 11 aromatic rings. The second-order valence-electron chi connectivity index (χ2n) is 14.1. The quantitative estimate of drug-likeness (QED) is 0.172. The number of hydrogen-bond donors (Lipinski definition) is 0. The average molecular weight is 716 g/mol. The molecule has 0 N–H and O–H groups in total. The van der Waals surface area contributed by atoms with Gasteiger partial charge in [0.15, 0.2) is 11.6 Å². The molecule has 0 spiro atoms. The van der Waals surface area contributed by atoms with E-state index in [1.54, 1.807) is 0 Å². The summed E-state index contributed by atoms with van der Waals surface area (Å²) < 4.78 is 4.62. The largest absolute Gasteiger partial charge is 0.309 e. The first-order chi connectivity index (χ1) is 27.8. The lowest BCUT2D eigenvalue weighted by Gasteiger charge is -2.13. The highest BCUT2D eigenvalue weighted by molar-refractivity contribution is 6.26. The van der Waals surface area contributed by atoms with Crippen molar-refractivity contribution in [2.24, 2.45) is 0 Å². The molecule has 0 unspecified atom stereocenters. The third-order valence-corrected chi connectivity index (χ3v) is 10.7. The Balaban J connectivity index is 1.23. The van der Waals surface area contributed by atoms with Gasteiger partial charge in [0.25, 0.3) is 0 Å². The molecule has 0 atom stereocenters. The van der Waals surface area contributed by atoms with Crippen LogP contribution in [0.15, 0.2) is 200 Å². The maximum absolute atomic E-state index is 5.38. The van der Waals surface area contributed by atoms with Crippen molar-refractivity contribution in [2.45, 2.75) is 0 Å². The molecule has 5 heteroatoms. The molecule has 0 bridgehead atoms. The van der Waals surface area contributed by atoms with E-state index in [1.807, 2.05) is 18.2 Å². The number of rotatable bonds is 6. The lowest BCUT2D eigenvalue weighted by atomic mass is 9.96. The van der Waals surface area contributed by atoms with E-state index in [2.05, 4.69) is 191 Å². The second kappa shape index (κ2) is 13.0. The van der Waals surface area contributed by atoms with Crippen LogP contribution in [0.25, 0.3) is 100 Å². The van der Waals surface area contributed by atoms with Crippen molar-refractivity contribution in [3.63, 3.8) is 0 Å². The topological polar surface area (TPSA) is 48.5 Å². The standard InChI is InChI=1S/C51H33N5/c1-5-17-34(18-6-1)37-31-38(35-19-7-2-8-20-35)33-39(32-37)50-52-49(36-21-9-3-10-22-36)53-51(54-50)56-45-28-16-14-26-43(45)47-46(56)30-29-42-41-25-13-15-27-44(41)55(48(42)47)40-23-11-4-12-24-40/h1-33H. The van der Waals surface area contributed by atoms with Crippen molar-refractivity contribution < 1.29 is 0 Å². The summed E-state index contributed by atoms with van der Waals surface area (Å²) in [4.78, 5) is 15.9. The molecule has 0 aliphatic carbocycles. The van der Waals surface area contributed by atoms with Crippen LogP contribution in [0, 0.1) is 0 Å². The Morgan fingerprint density at radius 1 is 0.304 bits per heavy atom. The van der Waals surface area contributed by atoms with E-state index in [-0.39, 0.29) is 0 Å². The zero-order chi connectivity index (χ0) is 37.0. The average Bonchev–Trinajstić information content (AvgIpc) is 3.80. The maximum Gasteiger partial charge on any atom is 0.238 e. The summed E-state index contributed by atoms with van der Waals surface area (Å²) in [7, 11) is 0. The van der Waals surface area contributed by atoms with Crippen molar-refractivity contribution in [1.82, 2.24) is 24.1 Å². The van der Waals surface area contributed by atoms with E-state index in [9.17, 15) is 0 Å². The van der Waals surface area contributed by atoms with Gasteiger partial charge in [-0.05, 0) is 70.8 Å². The Bertz CT molecular complexity index is 3160. The highest BCUT2D eigenvalue weighted by Crippen LogP contribution is 2.42. The maximum atomic E-state index is 5.38. The van der Waals surface area contributed by atoms with E-state index < -0.39 is 0 Å². The van der Waals surface area contributed by atoms with E-state index in [0.717, 1.165) is 66.4 Å². The second-order valence-corrected chi connectivity index (χ2v) is 14.1. The van der Waals surface area contributed by atoms with Gasteiger partial charge in [0.05, 0.1) is 22.1 Å². The minimum absolute atomic E-state index is 0.563. The molecule has 5 nitrogen and oxygen atoms in total.